The van der Waals surface area contributed by atoms with Crippen LogP contribution in [0.1, 0.15) is 28.4 Å². The van der Waals surface area contributed by atoms with E-state index in [2.05, 4.69) is 0 Å². The molecule has 1 heterocycles. The number of hydrogen-bond acceptors (Lipinski definition) is 3. The van der Waals surface area contributed by atoms with Crippen LogP contribution in [0.2, 0.25) is 5.02 Å². The molecule has 3 atom stereocenters. The minimum absolute atomic E-state index is 0.352. The quantitative estimate of drug-likeness (QED) is 0.608. The molecular weight excluding hydrogens is 414 g/mol. The second kappa shape index (κ2) is 8.92. The Balaban J connectivity index is 1.71. The average molecular weight is 436 g/mol. The van der Waals surface area contributed by atoms with E-state index in [4.69, 9.17) is 16.3 Å². The first-order valence-electron chi connectivity index (χ1n) is 9.99. The van der Waals surface area contributed by atoms with Crippen molar-refractivity contribution in [2.75, 3.05) is 7.11 Å². The van der Waals surface area contributed by atoms with E-state index in [0.29, 0.717) is 22.6 Å². The predicted octanol–water partition coefficient (Wildman–Crippen LogP) is 5.06. The zero-order chi connectivity index (χ0) is 22.0. The number of rotatable bonds is 5. The summed E-state index contributed by atoms with van der Waals surface area (Å²) >= 11 is 6.40. The summed E-state index contributed by atoms with van der Waals surface area (Å²) in [5, 5.41) is 10.4. The molecule has 1 amide bonds. The van der Waals surface area contributed by atoms with Crippen molar-refractivity contribution in [3.8, 4) is 11.1 Å². The van der Waals surface area contributed by atoms with Crippen LogP contribution in [-0.2, 0) is 9.53 Å². The second-order valence-electron chi connectivity index (χ2n) is 7.49. The van der Waals surface area contributed by atoms with Gasteiger partial charge in [-0.25, -0.2) is 4.79 Å². The van der Waals surface area contributed by atoms with E-state index in [0.717, 1.165) is 11.1 Å². The number of methoxy groups -OCH3 is 1. The number of nitrogens with zero attached hydrogens (tertiary/aromatic N) is 1. The molecule has 0 radical (unpaired) electrons. The molecule has 1 unspecified atom stereocenters. The van der Waals surface area contributed by atoms with E-state index in [1.54, 1.807) is 24.3 Å². The van der Waals surface area contributed by atoms with Crippen molar-refractivity contribution in [2.24, 2.45) is 0 Å². The van der Waals surface area contributed by atoms with Gasteiger partial charge in [-0.1, -0.05) is 72.3 Å². The first-order chi connectivity index (χ1) is 15.0. The van der Waals surface area contributed by atoms with Crippen LogP contribution in [-0.4, -0.2) is 41.1 Å². The number of likely N-dealkylation sites (tertiary alicyclic amines) is 1. The molecule has 0 aliphatic carbocycles. The molecule has 158 valence electrons. The summed E-state index contributed by atoms with van der Waals surface area (Å²) < 4.78 is 5.45. The van der Waals surface area contributed by atoms with Crippen molar-refractivity contribution < 1.29 is 19.4 Å². The number of carboxylic acids is 1. The van der Waals surface area contributed by atoms with E-state index < -0.39 is 24.2 Å². The molecule has 6 heteroatoms. The molecular formula is C25H22ClNO4. The van der Waals surface area contributed by atoms with Crippen LogP contribution in [0.4, 0.5) is 0 Å². The van der Waals surface area contributed by atoms with Gasteiger partial charge in [-0.2, -0.15) is 0 Å². The van der Waals surface area contributed by atoms with Crippen molar-refractivity contribution in [1.82, 2.24) is 4.90 Å². The van der Waals surface area contributed by atoms with Gasteiger partial charge in [-0.05, 0) is 34.9 Å². The number of amides is 1. The molecule has 31 heavy (non-hydrogen) atoms. The van der Waals surface area contributed by atoms with Gasteiger partial charge in [0.25, 0.3) is 5.91 Å². The molecule has 0 aromatic heterocycles. The highest BCUT2D eigenvalue weighted by atomic mass is 35.5. The third-order valence-electron chi connectivity index (χ3n) is 5.74. The third kappa shape index (κ3) is 4.07. The lowest BCUT2D eigenvalue weighted by atomic mass is 10.0. The molecule has 1 fully saturated rings. The highest BCUT2D eigenvalue weighted by Crippen LogP contribution is 2.41. The Kier molecular flexibility index (Phi) is 6.07. The number of carboxylic acid groups (broad SMARTS) is 1. The Morgan fingerprint density at radius 3 is 2.16 bits per heavy atom. The standard InChI is InChI=1S/C25H22ClNO4/c1-31-22-15-21(19-9-5-6-10-20(19)26)27(23(22)25(29)30)24(28)18-13-11-17(12-14-18)16-7-3-2-4-8-16/h2-14,21-23H,15H2,1H3,(H,29,30)/t21-,22?,23+/m1/s1. The van der Waals surface area contributed by atoms with Gasteiger partial charge in [0, 0.05) is 24.1 Å². The minimum atomic E-state index is -1.10. The second-order valence-corrected chi connectivity index (χ2v) is 7.89. The molecule has 1 saturated heterocycles. The number of aliphatic carboxylic acids is 1. The van der Waals surface area contributed by atoms with Crippen LogP contribution in [0.15, 0.2) is 78.9 Å². The highest BCUT2D eigenvalue weighted by Gasteiger charge is 2.49. The normalized spacial score (nSPS) is 20.6. The number of hydrogen-bond donors (Lipinski definition) is 1. The Bertz CT molecular complexity index is 1080. The number of carbonyl (C=O) groups excluding carboxylic acids is 1. The fourth-order valence-electron chi connectivity index (χ4n) is 4.21. The molecule has 1 N–H and O–H groups in total. The van der Waals surface area contributed by atoms with Gasteiger partial charge in [0.15, 0.2) is 6.04 Å². The summed E-state index contributed by atoms with van der Waals surface area (Å²) in [6.45, 7) is 0. The Morgan fingerprint density at radius 1 is 0.935 bits per heavy atom. The minimum Gasteiger partial charge on any atom is -0.480 e. The molecule has 0 bridgehead atoms. The lowest BCUT2D eigenvalue weighted by Gasteiger charge is -2.29. The van der Waals surface area contributed by atoms with Crippen molar-refractivity contribution in [3.05, 3.63) is 95.0 Å². The number of halogens is 1. The lowest BCUT2D eigenvalue weighted by Crippen LogP contribution is -2.46. The van der Waals surface area contributed by atoms with E-state index >= 15 is 0 Å². The SMILES string of the molecule is COC1C[C@H](c2ccccc2Cl)N(C(=O)c2ccc(-c3ccccc3)cc2)[C@@H]1C(=O)O. The van der Waals surface area contributed by atoms with Gasteiger partial charge in [0.05, 0.1) is 12.1 Å². The van der Waals surface area contributed by atoms with Crippen LogP contribution < -0.4 is 0 Å². The van der Waals surface area contributed by atoms with E-state index in [9.17, 15) is 14.7 Å². The fourth-order valence-corrected chi connectivity index (χ4v) is 4.48. The molecule has 3 aromatic carbocycles. The maximum absolute atomic E-state index is 13.5. The molecule has 0 spiro atoms. The van der Waals surface area contributed by atoms with Crippen molar-refractivity contribution in [1.29, 1.82) is 0 Å². The van der Waals surface area contributed by atoms with Crippen LogP contribution in [0.3, 0.4) is 0 Å². The molecule has 3 aromatic rings. The van der Waals surface area contributed by atoms with Gasteiger partial charge < -0.3 is 14.7 Å². The topological polar surface area (TPSA) is 66.8 Å². The zero-order valence-electron chi connectivity index (χ0n) is 16.9. The van der Waals surface area contributed by atoms with Crippen molar-refractivity contribution in [2.45, 2.75) is 24.6 Å². The first kappa shape index (κ1) is 21.1. The molecule has 1 aliphatic heterocycles. The summed E-state index contributed by atoms with van der Waals surface area (Å²) in [5.74, 6) is -1.47. The Labute approximate surface area is 185 Å². The molecule has 5 nitrogen and oxygen atoms in total. The van der Waals surface area contributed by atoms with Crippen LogP contribution >= 0.6 is 11.6 Å². The van der Waals surface area contributed by atoms with Crippen LogP contribution in [0.25, 0.3) is 11.1 Å². The maximum atomic E-state index is 13.5. The smallest absolute Gasteiger partial charge is 0.329 e. The number of carbonyl (C=O) groups is 2. The van der Waals surface area contributed by atoms with Gasteiger partial charge in [-0.3, -0.25) is 4.79 Å². The fraction of sp³-hybridized carbons (Fsp3) is 0.200. The lowest BCUT2D eigenvalue weighted by molar-refractivity contribution is -0.145. The van der Waals surface area contributed by atoms with E-state index in [1.807, 2.05) is 54.6 Å². The zero-order valence-corrected chi connectivity index (χ0v) is 17.7. The number of benzene rings is 3. The maximum Gasteiger partial charge on any atom is 0.329 e. The molecule has 0 saturated carbocycles. The molecule has 4 rings (SSSR count). The van der Waals surface area contributed by atoms with Crippen molar-refractivity contribution in [3.63, 3.8) is 0 Å². The Hall–Kier alpha value is -3.15. The summed E-state index contributed by atoms with van der Waals surface area (Å²) in [6, 6.07) is 22.6. The summed E-state index contributed by atoms with van der Waals surface area (Å²) in [7, 11) is 1.47. The van der Waals surface area contributed by atoms with Gasteiger partial charge >= 0.3 is 5.97 Å². The van der Waals surface area contributed by atoms with Gasteiger partial charge in [0.1, 0.15) is 0 Å². The van der Waals surface area contributed by atoms with E-state index in [1.165, 1.54) is 12.0 Å². The van der Waals surface area contributed by atoms with Gasteiger partial charge in [0.2, 0.25) is 0 Å². The Morgan fingerprint density at radius 2 is 1.55 bits per heavy atom. The average Bonchev–Trinajstić information content (AvgIpc) is 3.19. The highest BCUT2D eigenvalue weighted by molar-refractivity contribution is 6.31. The van der Waals surface area contributed by atoms with Crippen LogP contribution in [0, 0.1) is 0 Å². The number of ether oxygens (including phenoxy) is 1. The monoisotopic (exact) mass is 435 g/mol. The first-order valence-corrected chi connectivity index (χ1v) is 10.4. The predicted molar refractivity (Wildman–Crippen MR) is 119 cm³/mol. The van der Waals surface area contributed by atoms with Gasteiger partial charge in [-0.15, -0.1) is 0 Å². The van der Waals surface area contributed by atoms with E-state index in [-0.39, 0.29) is 5.91 Å². The molecule has 1 aliphatic rings. The summed E-state index contributed by atoms with van der Waals surface area (Å²) in [6.07, 6.45) is -0.281. The summed E-state index contributed by atoms with van der Waals surface area (Å²) in [5.41, 5.74) is 3.15. The third-order valence-corrected chi connectivity index (χ3v) is 6.08. The largest absolute Gasteiger partial charge is 0.480 e. The van der Waals surface area contributed by atoms with Crippen LogP contribution in [0.5, 0.6) is 0 Å². The summed E-state index contributed by atoms with van der Waals surface area (Å²) in [4.78, 5) is 27.0. The van der Waals surface area contributed by atoms with Crippen molar-refractivity contribution >= 4 is 23.5 Å².